The fourth-order valence-corrected chi connectivity index (χ4v) is 4.16. The van der Waals surface area contributed by atoms with Crippen LogP contribution in [0.15, 0.2) is 9.59 Å². The van der Waals surface area contributed by atoms with E-state index in [4.69, 9.17) is 0 Å². The molecule has 0 spiro atoms. The van der Waals surface area contributed by atoms with Crippen molar-refractivity contribution in [1.82, 2.24) is 33.4 Å². The van der Waals surface area contributed by atoms with Crippen LogP contribution in [0.2, 0.25) is 0 Å². The Kier molecular flexibility index (Phi) is 4.94. The molecule has 1 saturated heterocycles. The van der Waals surface area contributed by atoms with Gasteiger partial charge in [-0.3, -0.25) is 13.9 Å². The van der Waals surface area contributed by atoms with Gasteiger partial charge in [-0.15, -0.1) is 0 Å². The van der Waals surface area contributed by atoms with E-state index in [0.29, 0.717) is 30.2 Å². The molecule has 1 aliphatic heterocycles. The topological polar surface area (TPSA) is 82.9 Å². The number of aromatic nitrogens is 6. The summed E-state index contributed by atoms with van der Waals surface area (Å²) >= 11 is 0. The van der Waals surface area contributed by atoms with E-state index in [9.17, 15) is 9.59 Å². The number of likely N-dealkylation sites (tertiary alicyclic amines) is 1. The minimum atomic E-state index is -0.325. The number of piperidine rings is 1. The number of imidazole rings is 1. The van der Waals surface area contributed by atoms with Crippen molar-refractivity contribution in [3.8, 4) is 5.95 Å². The molecule has 1 aliphatic rings. The minimum absolute atomic E-state index is 0.292. The summed E-state index contributed by atoms with van der Waals surface area (Å²) in [5.74, 6) is 0.537. The van der Waals surface area contributed by atoms with Crippen molar-refractivity contribution >= 4 is 11.2 Å². The van der Waals surface area contributed by atoms with Gasteiger partial charge in [-0.2, -0.15) is 10.1 Å². The molecule has 0 radical (unpaired) electrons. The molecule has 0 N–H and O–H groups in total. The third-order valence-electron chi connectivity index (χ3n) is 6.27. The summed E-state index contributed by atoms with van der Waals surface area (Å²) in [7, 11) is 3.47. The first-order chi connectivity index (χ1) is 13.8. The molecular weight excluding hydrogens is 370 g/mol. The zero-order valence-electron chi connectivity index (χ0n) is 17.9. The van der Waals surface area contributed by atoms with Gasteiger partial charge in [0.1, 0.15) is 0 Å². The molecule has 4 rings (SSSR count). The Morgan fingerprint density at radius 1 is 0.931 bits per heavy atom. The third-order valence-corrected chi connectivity index (χ3v) is 6.27. The lowest BCUT2D eigenvalue weighted by molar-refractivity contribution is 0.218. The van der Waals surface area contributed by atoms with Crippen LogP contribution in [0.25, 0.3) is 17.1 Å². The highest BCUT2D eigenvalue weighted by Crippen LogP contribution is 2.18. The van der Waals surface area contributed by atoms with Gasteiger partial charge >= 0.3 is 5.69 Å². The van der Waals surface area contributed by atoms with E-state index in [1.165, 1.54) is 28.4 Å². The highest BCUT2D eigenvalue weighted by molar-refractivity contribution is 5.72. The first kappa shape index (κ1) is 19.6. The van der Waals surface area contributed by atoms with Crippen LogP contribution in [-0.2, 0) is 20.6 Å². The van der Waals surface area contributed by atoms with Crippen LogP contribution in [0.3, 0.4) is 0 Å². The molecule has 3 aromatic rings. The summed E-state index contributed by atoms with van der Waals surface area (Å²) in [6, 6.07) is 0. The molecule has 1 fully saturated rings. The maximum atomic E-state index is 13.2. The zero-order chi connectivity index (χ0) is 20.9. The van der Waals surface area contributed by atoms with Gasteiger partial charge in [0.15, 0.2) is 11.2 Å². The van der Waals surface area contributed by atoms with Gasteiger partial charge in [-0.05, 0) is 52.3 Å². The van der Waals surface area contributed by atoms with Crippen molar-refractivity contribution < 1.29 is 0 Å². The molecule has 9 heteroatoms. The predicted molar refractivity (Wildman–Crippen MR) is 112 cm³/mol. The molecule has 0 amide bonds. The summed E-state index contributed by atoms with van der Waals surface area (Å²) in [6.07, 6.45) is 3.62. The molecule has 0 unspecified atom stereocenters. The van der Waals surface area contributed by atoms with Crippen LogP contribution in [0, 0.1) is 20.8 Å². The molecule has 0 saturated carbocycles. The van der Waals surface area contributed by atoms with Gasteiger partial charge in [0.05, 0.1) is 5.69 Å². The summed E-state index contributed by atoms with van der Waals surface area (Å²) < 4.78 is 6.30. The second-order valence-electron chi connectivity index (χ2n) is 8.05. The zero-order valence-corrected chi connectivity index (χ0v) is 17.9. The van der Waals surface area contributed by atoms with E-state index < -0.39 is 0 Å². The monoisotopic (exact) mass is 399 g/mol. The van der Waals surface area contributed by atoms with Gasteiger partial charge in [-0.25, -0.2) is 9.48 Å². The second-order valence-corrected chi connectivity index (χ2v) is 8.05. The Bertz CT molecular complexity index is 1190. The van der Waals surface area contributed by atoms with Gasteiger partial charge in [-0.1, -0.05) is 6.42 Å². The standard InChI is InChI=1S/C20H29N7O2/c1-13-14(2)22-27(15(13)3)19-21-17-16(23(19)4)18(28)26(20(29)24(17)5)12-11-25-9-7-6-8-10-25/h6-12H2,1-5H3. The number of aryl methyl sites for hydroxylation is 3. The first-order valence-corrected chi connectivity index (χ1v) is 10.2. The summed E-state index contributed by atoms with van der Waals surface area (Å²) in [5, 5.41) is 4.57. The molecule has 0 aliphatic carbocycles. The van der Waals surface area contributed by atoms with Crippen molar-refractivity contribution in [1.29, 1.82) is 0 Å². The number of rotatable bonds is 4. The SMILES string of the molecule is Cc1nn(-c2nc3c(c(=O)n(CCN4CCCCC4)c(=O)n3C)n2C)c(C)c1C. The van der Waals surface area contributed by atoms with Crippen LogP contribution in [0.1, 0.15) is 36.2 Å². The molecule has 0 atom stereocenters. The van der Waals surface area contributed by atoms with E-state index in [1.807, 2.05) is 20.8 Å². The smallest absolute Gasteiger partial charge is 0.306 e. The highest BCUT2D eigenvalue weighted by Gasteiger charge is 2.22. The Morgan fingerprint density at radius 2 is 1.62 bits per heavy atom. The molecule has 3 aromatic heterocycles. The number of hydrogen-bond donors (Lipinski definition) is 0. The van der Waals surface area contributed by atoms with E-state index in [1.54, 1.807) is 23.3 Å². The fraction of sp³-hybridized carbons (Fsp3) is 0.600. The van der Waals surface area contributed by atoms with E-state index >= 15 is 0 Å². The number of nitrogens with zero attached hydrogens (tertiary/aromatic N) is 7. The molecule has 4 heterocycles. The molecule has 9 nitrogen and oxygen atoms in total. The fourth-order valence-electron chi connectivity index (χ4n) is 4.16. The Labute approximate surface area is 169 Å². The molecular formula is C20H29N7O2. The highest BCUT2D eigenvalue weighted by atomic mass is 16.2. The van der Waals surface area contributed by atoms with E-state index in [0.717, 1.165) is 30.0 Å². The normalized spacial score (nSPS) is 15.5. The summed E-state index contributed by atoms with van der Waals surface area (Å²) in [6.45, 7) is 9.10. The largest absolute Gasteiger partial charge is 0.332 e. The lowest BCUT2D eigenvalue weighted by Crippen LogP contribution is -2.43. The average Bonchev–Trinajstić information content (AvgIpc) is 3.18. The van der Waals surface area contributed by atoms with Crippen LogP contribution in [-0.4, -0.2) is 53.0 Å². The van der Waals surface area contributed by atoms with Crippen molar-refractivity contribution in [3.63, 3.8) is 0 Å². The van der Waals surface area contributed by atoms with E-state index in [2.05, 4.69) is 15.0 Å². The second kappa shape index (κ2) is 7.29. The number of fused-ring (bicyclic) bond motifs is 1. The van der Waals surface area contributed by atoms with Crippen molar-refractivity contribution in [2.45, 2.75) is 46.6 Å². The van der Waals surface area contributed by atoms with Gasteiger partial charge < -0.3 is 9.47 Å². The van der Waals surface area contributed by atoms with E-state index in [-0.39, 0.29) is 11.2 Å². The van der Waals surface area contributed by atoms with Crippen LogP contribution in [0.5, 0.6) is 0 Å². The maximum Gasteiger partial charge on any atom is 0.332 e. The maximum absolute atomic E-state index is 13.2. The lowest BCUT2D eigenvalue weighted by Gasteiger charge is -2.26. The van der Waals surface area contributed by atoms with Crippen molar-refractivity contribution in [2.75, 3.05) is 19.6 Å². The van der Waals surface area contributed by atoms with Crippen molar-refractivity contribution in [2.24, 2.45) is 14.1 Å². The average molecular weight is 399 g/mol. The Morgan fingerprint density at radius 3 is 2.24 bits per heavy atom. The lowest BCUT2D eigenvalue weighted by atomic mass is 10.1. The van der Waals surface area contributed by atoms with Crippen LogP contribution < -0.4 is 11.2 Å². The Hall–Kier alpha value is -2.68. The van der Waals surface area contributed by atoms with Gasteiger partial charge in [0.2, 0.25) is 5.95 Å². The molecule has 29 heavy (non-hydrogen) atoms. The Balaban J connectivity index is 1.82. The summed E-state index contributed by atoms with van der Waals surface area (Å²) in [4.78, 5) is 33.1. The van der Waals surface area contributed by atoms with Gasteiger partial charge in [0, 0.05) is 32.9 Å². The number of hydrogen-bond acceptors (Lipinski definition) is 5. The minimum Gasteiger partial charge on any atom is -0.306 e. The summed E-state index contributed by atoms with van der Waals surface area (Å²) in [5.41, 5.74) is 3.17. The van der Waals surface area contributed by atoms with Crippen LogP contribution >= 0.6 is 0 Å². The molecule has 156 valence electrons. The molecule has 0 bridgehead atoms. The first-order valence-electron chi connectivity index (χ1n) is 10.2. The quantitative estimate of drug-likeness (QED) is 0.654. The van der Waals surface area contributed by atoms with Crippen molar-refractivity contribution in [3.05, 3.63) is 37.8 Å². The molecule has 0 aromatic carbocycles. The predicted octanol–water partition coefficient (Wildman–Crippen LogP) is 1.03. The van der Waals surface area contributed by atoms with Crippen LogP contribution in [0.4, 0.5) is 0 Å². The van der Waals surface area contributed by atoms with Gasteiger partial charge in [0.25, 0.3) is 5.56 Å². The third kappa shape index (κ3) is 3.13.